The van der Waals surface area contributed by atoms with Crippen molar-refractivity contribution in [3.05, 3.63) is 53.1 Å². The Morgan fingerprint density at radius 3 is 2.50 bits per heavy atom. The van der Waals surface area contributed by atoms with Gasteiger partial charge in [-0.25, -0.2) is 0 Å². The Kier molecular flexibility index (Phi) is 3.20. The smallest absolute Gasteiger partial charge is 0.145 e. The molecular weight excluding hydrogens is 224 g/mol. The molecule has 0 aliphatic rings. The number of nitrogens with zero attached hydrogens (tertiary/aromatic N) is 1. The van der Waals surface area contributed by atoms with Crippen LogP contribution in [0.2, 0.25) is 0 Å². The second kappa shape index (κ2) is 4.80. The Balaban J connectivity index is 2.40. The lowest BCUT2D eigenvalue weighted by molar-refractivity contribution is 0.477. The van der Waals surface area contributed by atoms with Gasteiger partial charge in [-0.05, 0) is 55.3 Å². The van der Waals surface area contributed by atoms with E-state index in [1.165, 1.54) is 0 Å². The quantitative estimate of drug-likeness (QED) is 0.814. The topological polar surface area (TPSA) is 59.0 Å². The van der Waals surface area contributed by atoms with Crippen molar-refractivity contribution in [2.75, 3.05) is 5.73 Å². The summed E-state index contributed by atoms with van der Waals surface area (Å²) in [5.74, 6) is 1.29. The number of nitriles is 1. The number of hydrogen-bond acceptors (Lipinski definition) is 3. The largest absolute Gasteiger partial charge is 0.456 e. The summed E-state index contributed by atoms with van der Waals surface area (Å²) in [5, 5.41) is 9.05. The van der Waals surface area contributed by atoms with Crippen LogP contribution in [0.1, 0.15) is 16.7 Å². The fourth-order valence-electron chi connectivity index (χ4n) is 1.71. The van der Waals surface area contributed by atoms with E-state index in [9.17, 15) is 0 Å². The summed E-state index contributed by atoms with van der Waals surface area (Å²) in [6.07, 6.45) is 0. The second-order valence-corrected chi connectivity index (χ2v) is 4.24. The molecule has 0 aromatic heterocycles. The highest BCUT2D eigenvalue weighted by Crippen LogP contribution is 2.29. The van der Waals surface area contributed by atoms with Crippen LogP contribution in [0.15, 0.2) is 36.4 Å². The molecule has 0 saturated carbocycles. The molecule has 2 aromatic rings. The Labute approximate surface area is 106 Å². The van der Waals surface area contributed by atoms with Crippen molar-refractivity contribution in [2.45, 2.75) is 13.8 Å². The van der Waals surface area contributed by atoms with E-state index in [1.54, 1.807) is 12.1 Å². The second-order valence-electron chi connectivity index (χ2n) is 4.24. The predicted molar refractivity (Wildman–Crippen MR) is 71.6 cm³/mol. The molecule has 0 saturated heterocycles. The van der Waals surface area contributed by atoms with Crippen molar-refractivity contribution in [2.24, 2.45) is 0 Å². The van der Waals surface area contributed by atoms with Gasteiger partial charge in [-0.15, -0.1) is 0 Å². The predicted octanol–water partition coefficient (Wildman–Crippen LogP) is 3.55. The van der Waals surface area contributed by atoms with Crippen LogP contribution in [0, 0.1) is 25.2 Å². The van der Waals surface area contributed by atoms with Crippen molar-refractivity contribution < 1.29 is 4.74 Å². The van der Waals surface area contributed by atoms with Crippen molar-refractivity contribution in [3.63, 3.8) is 0 Å². The first kappa shape index (κ1) is 12.0. The minimum absolute atomic E-state index is 0.525. The van der Waals surface area contributed by atoms with Gasteiger partial charge in [-0.3, -0.25) is 0 Å². The van der Waals surface area contributed by atoms with Gasteiger partial charge in [0.1, 0.15) is 17.6 Å². The molecule has 2 aromatic carbocycles. The summed E-state index contributed by atoms with van der Waals surface area (Å²) in [5.41, 5.74) is 8.91. The SMILES string of the molecule is Cc1ccc(C#N)c(Oc2ccc(N)cc2C)c1. The van der Waals surface area contributed by atoms with Crippen LogP contribution in [0.4, 0.5) is 5.69 Å². The Hall–Kier alpha value is -2.47. The summed E-state index contributed by atoms with van der Waals surface area (Å²) in [7, 11) is 0. The van der Waals surface area contributed by atoms with Crippen molar-refractivity contribution in [3.8, 4) is 17.6 Å². The van der Waals surface area contributed by atoms with Gasteiger partial charge in [0.05, 0.1) is 5.56 Å². The van der Waals surface area contributed by atoms with Gasteiger partial charge in [0.2, 0.25) is 0 Å². The third-order valence-corrected chi connectivity index (χ3v) is 2.68. The van der Waals surface area contributed by atoms with Gasteiger partial charge in [-0.1, -0.05) is 6.07 Å². The Bertz CT molecular complexity index is 627. The first-order chi connectivity index (χ1) is 8.60. The lowest BCUT2D eigenvalue weighted by Gasteiger charge is -2.11. The normalized spacial score (nSPS) is 9.83. The third kappa shape index (κ3) is 2.44. The molecule has 0 bridgehead atoms. The molecule has 0 heterocycles. The van der Waals surface area contributed by atoms with Crippen LogP contribution >= 0.6 is 0 Å². The van der Waals surface area contributed by atoms with E-state index in [-0.39, 0.29) is 0 Å². The maximum atomic E-state index is 9.05. The zero-order valence-electron chi connectivity index (χ0n) is 10.4. The first-order valence-corrected chi connectivity index (χ1v) is 5.65. The summed E-state index contributed by atoms with van der Waals surface area (Å²) in [4.78, 5) is 0. The molecular formula is C15H14N2O. The number of ether oxygens (including phenoxy) is 1. The maximum absolute atomic E-state index is 9.05. The average molecular weight is 238 g/mol. The minimum Gasteiger partial charge on any atom is -0.456 e. The number of benzene rings is 2. The molecule has 3 nitrogen and oxygen atoms in total. The highest BCUT2D eigenvalue weighted by Gasteiger charge is 2.07. The summed E-state index contributed by atoms with van der Waals surface area (Å²) >= 11 is 0. The molecule has 0 atom stereocenters. The number of aryl methyl sites for hydroxylation is 2. The molecule has 90 valence electrons. The summed E-state index contributed by atoms with van der Waals surface area (Å²) in [6.45, 7) is 3.89. The fraction of sp³-hybridized carbons (Fsp3) is 0.133. The average Bonchev–Trinajstić information content (AvgIpc) is 2.33. The van der Waals surface area contributed by atoms with Gasteiger partial charge in [0.15, 0.2) is 0 Å². The lowest BCUT2D eigenvalue weighted by Crippen LogP contribution is -1.93. The van der Waals surface area contributed by atoms with Crippen molar-refractivity contribution >= 4 is 5.69 Å². The molecule has 0 unspecified atom stereocenters. The Morgan fingerprint density at radius 2 is 1.83 bits per heavy atom. The van der Waals surface area contributed by atoms with E-state index >= 15 is 0 Å². The van der Waals surface area contributed by atoms with E-state index in [2.05, 4.69) is 6.07 Å². The zero-order valence-corrected chi connectivity index (χ0v) is 10.4. The van der Waals surface area contributed by atoms with Crippen molar-refractivity contribution in [1.82, 2.24) is 0 Å². The molecule has 2 rings (SSSR count). The molecule has 0 radical (unpaired) electrons. The molecule has 0 fully saturated rings. The monoisotopic (exact) mass is 238 g/mol. The summed E-state index contributed by atoms with van der Waals surface area (Å²) < 4.78 is 5.79. The van der Waals surface area contributed by atoms with Gasteiger partial charge < -0.3 is 10.5 Å². The van der Waals surface area contributed by atoms with E-state index in [0.29, 0.717) is 22.7 Å². The molecule has 18 heavy (non-hydrogen) atoms. The highest BCUT2D eigenvalue weighted by molar-refractivity contribution is 5.51. The standard InChI is InChI=1S/C15H14N2O/c1-10-3-4-12(9-16)15(7-10)18-14-6-5-13(17)8-11(14)2/h3-8H,17H2,1-2H3. The van der Waals surface area contributed by atoms with Crippen LogP contribution in [0.5, 0.6) is 11.5 Å². The zero-order chi connectivity index (χ0) is 13.1. The number of nitrogens with two attached hydrogens (primary N) is 1. The first-order valence-electron chi connectivity index (χ1n) is 5.65. The molecule has 0 amide bonds. The van der Waals surface area contributed by atoms with E-state index in [0.717, 1.165) is 11.1 Å². The van der Waals surface area contributed by atoms with Gasteiger partial charge in [0.25, 0.3) is 0 Å². The van der Waals surface area contributed by atoms with E-state index in [1.807, 2.05) is 38.1 Å². The van der Waals surface area contributed by atoms with Crippen LogP contribution in [-0.2, 0) is 0 Å². The fourth-order valence-corrected chi connectivity index (χ4v) is 1.71. The molecule has 3 heteroatoms. The van der Waals surface area contributed by atoms with Crippen LogP contribution in [0.25, 0.3) is 0 Å². The van der Waals surface area contributed by atoms with Gasteiger partial charge in [-0.2, -0.15) is 5.26 Å². The number of hydrogen-bond donors (Lipinski definition) is 1. The van der Waals surface area contributed by atoms with Crippen LogP contribution < -0.4 is 10.5 Å². The molecule has 0 aliphatic heterocycles. The molecule has 0 aliphatic carbocycles. The van der Waals surface area contributed by atoms with Gasteiger partial charge >= 0.3 is 0 Å². The molecule has 0 spiro atoms. The number of rotatable bonds is 2. The highest BCUT2D eigenvalue weighted by atomic mass is 16.5. The Morgan fingerprint density at radius 1 is 1.06 bits per heavy atom. The third-order valence-electron chi connectivity index (χ3n) is 2.68. The summed E-state index contributed by atoms with van der Waals surface area (Å²) in [6, 6.07) is 13.1. The van der Waals surface area contributed by atoms with Crippen molar-refractivity contribution in [1.29, 1.82) is 5.26 Å². The number of nitrogen functional groups attached to an aromatic ring is 1. The maximum Gasteiger partial charge on any atom is 0.145 e. The van der Waals surface area contributed by atoms with Crippen LogP contribution in [-0.4, -0.2) is 0 Å². The van der Waals surface area contributed by atoms with Gasteiger partial charge in [0, 0.05) is 5.69 Å². The van der Waals surface area contributed by atoms with E-state index < -0.39 is 0 Å². The van der Waals surface area contributed by atoms with E-state index in [4.69, 9.17) is 15.7 Å². The molecule has 2 N–H and O–H groups in total. The van der Waals surface area contributed by atoms with Crippen LogP contribution in [0.3, 0.4) is 0 Å². The number of anilines is 1. The lowest BCUT2D eigenvalue weighted by atomic mass is 10.1. The minimum atomic E-state index is 0.525.